The van der Waals surface area contributed by atoms with Gasteiger partial charge in [-0.2, -0.15) is 0 Å². The van der Waals surface area contributed by atoms with Crippen molar-refractivity contribution >= 4 is 0 Å². The zero-order chi connectivity index (χ0) is 28.1. The van der Waals surface area contributed by atoms with Crippen LogP contribution in [0, 0.1) is 16.2 Å². The van der Waals surface area contributed by atoms with Crippen LogP contribution in [0.5, 0.6) is 11.8 Å². The van der Waals surface area contributed by atoms with Gasteiger partial charge in [-0.15, -0.1) is 0 Å². The van der Waals surface area contributed by atoms with Crippen molar-refractivity contribution in [3.8, 4) is 11.8 Å². The number of nitrogens with one attached hydrogen (secondary N) is 1. The molecule has 3 N–H and O–H groups in total. The van der Waals surface area contributed by atoms with Gasteiger partial charge in [0.25, 0.3) is 0 Å². The summed E-state index contributed by atoms with van der Waals surface area (Å²) in [4.78, 5) is 2.60. The van der Waals surface area contributed by atoms with Gasteiger partial charge in [-0.1, -0.05) is 54.9 Å². The van der Waals surface area contributed by atoms with Gasteiger partial charge in [-0.05, 0) is 114 Å². The van der Waals surface area contributed by atoms with Crippen LogP contribution < -0.4 is 5.32 Å². The number of aromatic nitrogens is 1. The monoisotopic (exact) mass is 517 g/mol. The quantitative estimate of drug-likeness (QED) is 0.286. The van der Waals surface area contributed by atoms with E-state index in [1.54, 1.807) is 4.57 Å². The Labute approximate surface area is 228 Å². The van der Waals surface area contributed by atoms with E-state index in [0.717, 1.165) is 37.9 Å². The van der Waals surface area contributed by atoms with E-state index in [0.29, 0.717) is 0 Å². The summed E-state index contributed by atoms with van der Waals surface area (Å²) in [7, 11) is 0. The lowest BCUT2D eigenvalue weighted by Gasteiger charge is -2.36. The molecule has 0 spiro atoms. The minimum atomic E-state index is -0.415. The van der Waals surface area contributed by atoms with Gasteiger partial charge in [-0.3, -0.25) is 4.57 Å². The molecule has 5 heteroatoms. The maximum Gasteiger partial charge on any atom is 0.198 e. The zero-order valence-corrected chi connectivity index (χ0v) is 26.1. The lowest BCUT2D eigenvalue weighted by atomic mass is 9.68. The zero-order valence-electron chi connectivity index (χ0n) is 26.1. The van der Waals surface area contributed by atoms with Crippen LogP contribution in [0.25, 0.3) is 0 Å². The average molecular weight is 518 g/mol. The van der Waals surface area contributed by atoms with Gasteiger partial charge >= 0.3 is 0 Å². The second-order valence-corrected chi connectivity index (χ2v) is 16.0. The molecule has 1 aliphatic carbocycles. The summed E-state index contributed by atoms with van der Waals surface area (Å²) in [5.41, 5.74) is 1.00. The van der Waals surface area contributed by atoms with Crippen LogP contribution >= 0.6 is 0 Å². The van der Waals surface area contributed by atoms with E-state index < -0.39 is 5.54 Å². The number of hydrogen-bond acceptors (Lipinski definition) is 4. The van der Waals surface area contributed by atoms with Crippen molar-refractivity contribution < 1.29 is 10.2 Å². The Kier molecular flexibility index (Phi) is 8.27. The molecule has 0 amide bonds. The molecule has 2 heterocycles. The molecule has 1 saturated carbocycles. The Hall–Kier alpha value is -1.20. The van der Waals surface area contributed by atoms with Crippen LogP contribution in [0.4, 0.5) is 0 Å². The van der Waals surface area contributed by atoms with Crippen molar-refractivity contribution in [3.63, 3.8) is 0 Å². The fourth-order valence-electron chi connectivity index (χ4n) is 7.34. The Morgan fingerprint density at radius 2 is 1.49 bits per heavy atom. The fraction of sp³-hybridized carbons (Fsp3) is 0.875. The second-order valence-electron chi connectivity index (χ2n) is 16.0. The van der Waals surface area contributed by atoms with Gasteiger partial charge in [0.2, 0.25) is 0 Å². The smallest absolute Gasteiger partial charge is 0.198 e. The first-order valence-corrected chi connectivity index (χ1v) is 14.9. The van der Waals surface area contributed by atoms with Crippen LogP contribution in [0.1, 0.15) is 127 Å². The first-order valence-electron chi connectivity index (χ1n) is 14.9. The van der Waals surface area contributed by atoms with Crippen molar-refractivity contribution in [2.75, 3.05) is 26.2 Å². The van der Waals surface area contributed by atoms with E-state index >= 15 is 0 Å². The molecule has 0 radical (unpaired) electrons. The molecule has 2 fully saturated rings. The molecule has 0 aromatic carbocycles. The van der Waals surface area contributed by atoms with Crippen molar-refractivity contribution in [2.45, 2.75) is 138 Å². The molecule has 2 unspecified atom stereocenters. The SMILES string of the molecule is CC(C)(CCN1CCCCC1)NCCC(C)(C)n1c(O)cc(C(C)(C)CC2(C)CC2(C)C(C)(C)C)c1O. The molecule has 1 aromatic rings. The standard InChI is InChI=1S/C32H59N3O2/c1-27(2,3)32(11)23-31(32,10)22-28(4,5)24-21-25(36)35(26(24)37)30(8,9)15-17-33-29(6,7)16-20-34-18-13-12-14-19-34/h21,33,36-37H,12-20,22-23H2,1-11H3. The van der Waals surface area contributed by atoms with E-state index in [1.807, 2.05) is 6.07 Å². The van der Waals surface area contributed by atoms with Crippen LogP contribution in [-0.4, -0.2) is 51.4 Å². The molecule has 2 aliphatic rings. The van der Waals surface area contributed by atoms with Gasteiger partial charge in [-0.25, -0.2) is 0 Å². The highest BCUT2D eigenvalue weighted by atomic mass is 16.3. The Bertz CT molecular complexity index is 933. The highest BCUT2D eigenvalue weighted by molar-refractivity contribution is 5.42. The average Bonchev–Trinajstić information content (AvgIpc) is 3.14. The van der Waals surface area contributed by atoms with Gasteiger partial charge in [0.05, 0.1) is 0 Å². The van der Waals surface area contributed by atoms with Crippen molar-refractivity contribution in [3.05, 3.63) is 11.6 Å². The highest BCUT2D eigenvalue weighted by Crippen LogP contribution is 2.74. The lowest BCUT2D eigenvalue weighted by Crippen LogP contribution is -2.45. The van der Waals surface area contributed by atoms with E-state index in [4.69, 9.17) is 0 Å². The summed E-state index contributed by atoms with van der Waals surface area (Å²) < 4.78 is 1.75. The van der Waals surface area contributed by atoms with Gasteiger partial charge in [0, 0.05) is 22.7 Å². The summed E-state index contributed by atoms with van der Waals surface area (Å²) >= 11 is 0. The number of hydrogen-bond donors (Lipinski definition) is 3. The molecule has 2 atom stereocenters. The lowest BCUT2D eigenvalue weighted by molar-refractivity contribution is 0.156. The van der Waals surface area contributed by atoms with Crippen LogP contribution in [0.3, 0.4) is 0 Å². The molecular formula is C32H59N3O2. The molecular weight excluding hydrogens is 458 g/mol. The third-order valence-electron chi connectivity index (χ3n) is 10.6. The highest BCUT2D eigenvalue weighted by Gasteiger charge is 2.66. The first kappa shape index (κ1) is 30.3. The summed E-state index contributed by atoms with van der Waals surface area (Å²) in [5, 5.41) is 26.2. The minimum absolute atomic E-state index is 0.0564. The Morgan fingerprint density at radius 1 is 0.892 bits per heavy atom. The second kappa shape index (κ2) is 10.1. The largest absolute Gasteiger partial charge is 0.494 e. The normalized spacial score (nSPS) is 26.0. The molecule has 1 saturated heterocycles. The first-order chi connectivity index (χ1) is 16.7. The number of nitrogens with zero attached hydrogens (tertiary/aromatic N) is 2. The summed E-state index contributed by atoms with van der Waals surface area (Å²) in [6.07, 6.45) is 8.16. The van der Waals surface area contributed by atoms with E-state index in [2.05, 4.69) is 86.4 Å². The molecule has 1 aliphatic heterocycles. The summed E-state index contributed by atoms with van der Waals surface area (Å²) in [5.74, 6) is 0.382. The van der Waals surface area contributed by atoms with Crippen LogP contribution in [-0.2, 0) is 11.0 Å². The van der Waals surface area contributed by atoms with Crippen LogP contribution in [0.15, 0.2) is 6.07 Å². The minimum Gasteiger partial charge on any atom is -0.494 e. The van der Waals surface area contributed by atoms with E-state index in [9.17, 15) is 10.2 Å². The van der Waals surface area contributed by atoms with Crippen LogP contribution in [0.2, 0.25) is 0 Å². The number of piperidine rings is 1. The van der Waals surface area contributed by atoms with Gasteiger partial charge < -0.3 is 20.4 Å². The third-order valence-corrected chi connectivity index (χ3v) is 10.6. The number of rotatable bonds is 11. The molecule has 3 rings (SSSR count). The molecule has 37 heavy (non-hydrogen) atoms. The molecule has 214 valence electrons. The topological polar surface area (TPSA) is 60.7 Å². The maximum atomic E-state index is 11.5. The van der Waals surface area contributed by atoms with E-state index in [1.165, 1.54) is 38.8 Å². The van der Waals surface area contributed by atoms with Crippen molar-refractivity contribution in [2.24, 2.45) is 16.2 Å². The van der Waals surface area contributed by atoms with Crippen molar-refractivity contribution in [1.82, 2.24) is 14.8 Å². The number of likely N-dealkylation sites (tertiary alicyclic amines) is 1. The molecule has 1 aromatic heterocycles. The summed E-state index contributed by atoms with van der Waals surface area (Å²) in [6, 6.07) is 1.81. The fourth-order valence-corrected chi connectivity index (χ4v) is 7.34. The Morgan fingerprint density at radius 3 is 2.03 bits per heavy atom. The molecule has 5 nitrogen and oxygen atoms in total. The van der Waals surface area contributed by atoms with Gasteiger partial charge in [0.15, 0.2) is 11.8 Å². The predicted octanol–water partition coefficient (Wildman–Crippen LogP) is 7.40. The van der Waals surface area contributed by atoms with Gasteiger partial charge in [0.1, 0.15) is 0 Å². The maximum absolute atomic E-state index is 11.5. The number of aromatic hydroxyl groups is 2. The Balaban J connectivity index is 1.65. The predicted molar refractivity (Wildman–Crippen MR) is 157 cm³/mol. The third kappa shape index (κ3) is 6.35. The summed E-state index contributed by atoms with van der Waals surface area (Å²) in [6.45, 7) is 29.6. The van der Waals surface area contributed by atoms with Crippen molar-refractivity contribution in [1.29, 1.82) is 0 Å². The molecule has 0 bridgehead atoms. The van der Waals surface area contributed by atoms with E-state index in [-0.39, 0.29) is 39.0 Å².